The summed E-state index contributed by atoms with van der Waals surface area (Å²) in [5.41, 5.74) is 0.689. The minimum Gasteiger partial charge on any atom is -0.490 e. The van der Waals surface area contributed by atoms with Crippen LogP contribution in [0.1, 0.15) is 24.8 Å². The van der Waals surface area contributed by atoms with E-state index in [1.165, 1.54) is 12.1 Å². The number of ether oxygens (including phenoxy) is 1. The normalized spacial score (nSPS) is 27.4. The van der Waals surface area contributed by atoms with Gasteiger partial charge in [0.25, 0.3) is 0 Å². The van der Waals surface area contributed by atoms with Crippen LogP contribution in [0.15, 0.2) is 18.2 Å². The molecule has 1 aromatic carbocycles. The van der Waals surface area contributed by atoms with Crippen LogP contribution in [0.2, 0.25) is 0 Å². The maximum Gasteiger partial charge on any atom is 0.126 e. The van der Waals surface area contributed by atoms with Crippen LogP contribution in [0.25, 0.3) is 0 Å². The van der Waals surface area contributed by atoms with E-state index in [1.54, 1.807) is 6.07 Å². The van der Waals surface area contributed by atoms with E-state index in [0.29, 0.717) is 5.75 Å². The molecule has 2 rings (SSSR count). The van der Waals surface area contributed by atoms with Crippen LogP contribution in [0.4, 0.5) is 4.39 Å². The Hall–Kier alpha value is -1.13. The lowest BCUT2D eigenvalue weighted by Gasteiger charge is -2.26. The van der Waals surface area contributed by atoms with Gasteiger partial charge in [-0.3, -0.25) is 0 Å². The topological polar surface area (TPSA) is 41.5 Å². The third kappa shape index (κ3) is 2.65. The van der Waals surface area contributed by atoms with Gasteiger partial charge in [-0.25, -0.2) is 4.39 Å². The van der Waals surface area contributed by atoms with E-state index in [2.05, 4.69) is 5.32 Å². The van der Waals surface area contributed by atoms with Gasteiger partial charge < -0.3 is 15.2 Å². The lowest BCUT2D eigenvalue weighted by atomic mass is 9.99. The fraction of sp³-hybridized carbons (Fsp3) is 0.571. The predicted molar refractivity (Wildman–Crippen MR) is 68.3 cm³/mol. The summed E-state index contributed by atoms with van der Waals surface area (Å²) in [4.78, 5) is 0. The first-order chi connectivity index (χ1) is 8.58. The average molecular weight is 253 g/mol. The smallest absolute Gasteiger partial charge is 0.126 e. The fourth-order valence-electron chi connectivity index (χ4n) is 2.51. The summed E-state index contributed by atoms with van der Waals surface area (Å²) >= 11 is 0. The van der Waals surface area contributed by atoms with Crippen LogP contribution < -0.4 is 10.1 Å². The Balaban J connectivity index is 2.05. The number of aliphatic hydroxyl groups is 1. The number of aliphatic hydroxyl groups excluding tert-OH is 1. The molecule has 0 aromatic heterocycles. The zero-order chi connectivity index (χ0) is 13.2. The SMILES string of the molecule is CNC1(CO)CCC(Oc2cc(F)ccc2C)C1. The van der Waals surface area contributed by atoms with Crippen LogP contribution in [-0.4, -0.2) is 30.4 Å². The molecule has 0 aliphatic heterocycles. The van der Waals surface area contributed by atoms with E-state index in [0.717, 1.165) is 24.8 Å². The Morgan fingerprint density at radius 3 is 2.94 bits per heavy atom. The standard InChI is InChI=1S/C14H20FNO2/c1-10-3-4-11(15)7-13(10)18-12-5-6-14(8-12,9-17)16-2/h3-4,7,12,16-17H,5-6,8-9H2,1-2H3. The van der Waals surface area contributed by atoms with Crippen molar-refractivity contribution in [2.24, 2.45) is 0 Å². The van der Waals surface area contributed by atoms with Crippen molar-refractivity contribution in [2.45, 2.75) is 37.8 Å². The molecular formula is C14H20FNO2. The van der Waals surface area contributed by atoms with Crippen LogP contribution in [0, 0.1) is 12.7 Å². The van der Waals surface area contributed by atoms with Crippen molar-refractivity contribution in [1.82, 2.24) is 5.32 Å². The molecule has 0 heterocycles. The average Bonchev–Trinajstić information content (AvgIpc) is 2.78. The van der Waals surface area contributed by atoms with Crippen molar-refractivity contribution in [3.63, 3.8) is 0 Å². The number of benzene rings is 1. The molecule has 1 aromatic rings. The molecule has 0 radical (unpaired) electrons. The maximum absolute atomic E-state index is 13.2. The van der Waals surface area contributed by atoms with Gasteiger partial charge in [-0.2, -0.15) is 0 Å². The molecule has 100 valence electrons. The van der Waals surface area contributed by atoms with Gasteiger partial charge in [-0.05, 0) is 38.4 Å². The number of aryl methyl sites for hydroxylation is 1. The molecule has 18 heavy (non-hydrogen) atoms. The number of likely N-dealkylation sites (N-methyl/N-ethyl adjacent to an activating group) is 1. The predicted octanol–water partition coefficient (Wildman–Crippen LogP) is 2.02. The highest BCUT2D eigenvalue weighted by Crippen LogP contribution is 2.33. The largest absolute Gasteiger partial charge is 0.490 e. The highest BCUT2D eigenvalue weighted by atomic mass is 19.1. The minimum atomic E-state index is -0.282. The second-order valence-corrected chi connectivity index (χ2v) is 5.08. The van der Waals surface area contributed by atoms with Gasteiger partial charge in [-0.15, -0.1) is 0 Å². The molecule has 1 saturated carbocycles. The van der Waals surface area contributed by atoms with Gasteiger partial charge >= 0.3 is 0 Å². The van der Waals surface area contributed by atoms with E-state index < -0.39 is 0 Å². The van der Waals surface area contributed by atoms with Gasteiger partial charge in [0.05, 0.1) is 6.61 Å². The number of rotatable bonds is 4. The third-order valence-electron chi connectivity index (χ3n) is 3.84. The van der Waals surface area contributed by atoms with Gasteiger partial charge in [0.2, 0.25) is 0 Å². The molecule has 3 nitrogen and oxygen atoms in total. The molecule has 0 bridgehead atoms. The third-order valence-corrected chi connectivity index (χ3v) is 3.84. The number of hydrogen-bond donors (Lipinski definition) is 2. The summed E-state index contributed by atoms with van der Waals surface area (Å²) in [6.45, 7) is 2.01. The summed E-state index contributed by atoms with van der Waals surface area (Å²) in [6, 6.07) is 4.58. The van der Waals surface area contributed by atoms with Gasteiger partial charge in [0, 0.05) is 18.0 Å². The second-order valence-electron chi connectivity index (χ2n) is 5.08. The lowest BCUT2D eigenvalue weighted by Crippen LogP contribution is -2.44. The Labute approximate surface area is 107 Å². The van der Waals surface area contributed by atoms with Crippen LogP contribution in [-0.2, 0) is 0 Å². The van der Waals surface area contributed by atoms with Crippen LogP contribution >= 0.6 is 0 Å². The molecule has 1 aliphatic rings. The molecule has 0 saturated heterocycles. The molecule has 0 spiro atoms. The molecule has 2 atom stereocenters. The van der Waals surface area contributed by atoms with Gasteiger partial charge in [-0.1, -0.05) is 6.07 Å². The first-order valence-corrected chi connectivity index (χ1v) is 6.31. The van der Waals surface area contributed by atoms with E-state index in [4.69, 9.17) is 4.74 Å². The summed E-state index contributed by atoms with van der Waals surface area (Å²) < 4.78 is 19.0. The molecular weight excluding hydrogens is 233 g/mol. The molecule has 4 heteroatoms. The fourth-order valence-corrected chi connectivity index (χ4v) is 2.51. The second kappa shape index (κ2) is 5.24. The number of nitrogens with one attached hydrogen (secondary N) is 1. The highest BCUT2D eigenvalue weighted by molar-refractivity contribution is 5.33. The molecule has 1 fully saturated rings. The van der Waals surface area contributed by atoms with Crippen LogP contribution in [0.3, 0.4) is 0 Å². The molecule has 2 unspecified atom stereocenters. The lowest BCUT2D eigenvalue weighted by molar-refractivity contribution is 0.146. The summed E-state index contributed by atoms with van der Waals surface area (Å²) in [5.74, 6) is 0.320. The Kier molecular flexibility index (Phi) is 3.88. The van der Waals surface area contributed by atoms with Crippen LogP contribution in [0.5, 0.6) is 5.75 Å². The Morgan fingerprint density at radius 1 is 1.56 bits per heavy atom. The number of hydrogen-bond acceptors (Lipinski definition) is 3. The monoisotopic (exact) mass is 253 g/mol. The molecule has 2 N–H and O–H groups in total. The zero-order valence-electron chi connectivity index (χ0n) is 10.9. The number of halogens is 1. The van der Waals surface area contributed by atoms with Crippen molar-refractivity contribution in [1.29, 1.82) is 0 Å². The van der Waals surface area contributed by atoms with E-state index in [-0.39, 0.29) is 24.1 Å². The maximum atomic E-state index is 13.2. The van der Waals surface area contributed by atoms with Crippen molar-refractivity contribution < 1.29 is 14.2 Å². The van der Waals surface area contributed by atoms with E-state index in [9.17, 15) is 9.50 Å². The van der Waals surface area contributed by atoms with Crippen molar-refractivity contribution >= 4 is 0 Å². The highest BCUT2D eigenvalue weighted by Gasteiger charge is 2.38. The molecule has 1 aliphatic carbocycles. The molecule has 0 amide bonds. The van der Waals surface area contributed by atoms with Gasteiger partial charge in [0.15, 0.2) is 0 Å². The Morgan fingerprint density at radius 2 is 2.33 bits per heavy atom. The van der Waals surface area contributed by atoms with Crippen molar-refractivity contribution in [3.8, 4) is 5.75 Å². The van der Waals surface area contributed by atoms with Gasteiger partial charge in [0.1, 0.15) is 17.7 Å². The first-order valence-electron chi connectivity index (χ1n) is 6.31. The summed E-state index contributed by atoms with van der Waals surface area (Å²) in [5, 5.41) is 12.6. The minimum absolute atomic E-state index is 0.0325. The summed E-state index contributed by atoms with van der Waals surface area (Å²) in [6.07, 6.45) is 2.52. The first kappa shape index (κ1) is 13.3. The van der Waals surface area contributed by atoms with E-state index in [1.807, 2.05) is 14.0 Å². The zero-order valence-corrected chi connectivity index (χ0v) is 10.9. The van der Waals surface area contributed by atoms with Crippen molar-refractivity contribution in [3.05, 3.63) is 29.6 Å². The quantitative estimate of drug-likeness (QED) is 0.862. The van der Waals surface area contributed by atoms with Crippen molar-refractivity contribution in [2.75, 3.05) is 13.7 Å². The summed E-state index contributed by atoms with van der Waals surface area (Å²) in [7, 11) is 1.85. The van der Waals surface area contributed by atoms with E-state index >= 15 is 0 Å². The Bertz CT molecular complexity index is 418.